The minimum atomic E-state index is -4.95. The molecule has 0 atom stereocenters. The third-order valence-electron chi connectivity index (χ3n) is 2.54. The number of alkyl halides is 3. The summed E-state index contributed by atoms with van der Waals surface area (Å²) in [7, 11) is 0. The van der Waals surface area contributed by atoms with Gasteiger partial charge in [-0.05, 0) is 24.1 Å². The molecule has 0 aromatic heterocycles. The summed E-state index contributed by atoms with van der Waals surface area (Å²) in [6, 6.07) is 5.74. The van der Waals surface area contributed by atoms with Crippen LogP contribution >= 0.6 is 0 Å². The predicted octanol–water partition coefficient (Wildman–Crippen LogP) is 1.55. The van der Waals surface area contributed by atoms with Crippen molar-refractivity contribution in [1.82, 2.24) is 10.6 Å². The highest BCUT2D eigenvalue weighted by molar-refractivity contribution is 5.82. The minimum absolute atomic E-state index is 0.245. The van der Waals surface area contributed by atoms with Gasteiger partial charge in [0.15, 0.2) is 0 Å². The molecule has 0 aliphatic carbocycles. The van der Waals surface area contributed by atoms with Crippen molar-refractivity contribution in [3.05, 3.63) is 35.6 Å². The van der Waals surface area contributed by atoms with Crippen LogP contribution in [0.1, 0.15) is 12.0 Å². The van der Waals surface area contributed by atoms with Gasteiger partial charge < -0.3 is 10.6 Å². The molecule has 0 aliphatic heterocycles. The van der Waals surface area contributed by atoms with E-state index in [-0.39, 0.29) is 25.3 Å². The summed E-state index contributed by atoms with van der Waals surface area (Å²) in [6.45, 7) is -0.113. The molecule has 2 amide bonds. The van der Waals surface area contributed by atoms with Gasteiger partial charge in [0.1, 0.15) is 5.82 Å². The Morgan fingerprint density at radius 2 is 1.62 bits per heavy atom. The number of amides is 2. The quantitative estimate of drug-likeness (QED) is 0.784. The Bertz CT molecular complexity index is 486. The minimum Gasteiger partial charge on any atom is -0.356 e. The van der Waals surface area contributed by atoms with Crippen LogP contribution in [0.15, 0.2) is 24.3 Å². The maximum atomic E-state index is 12.6. The van der Waals surface area contributed by atoms with Crippen LogP contribution < -0.4 is 10.6 Å². The van der Waals surface area contributed by atoms with Gasteiger partial charge in [-0.1, -0.05) is 12.1 Å². The highest BCUT2D eigenvalue weighted by Crippen LogP contribution is 2.13. The number of rotatable bonds is 6. The maximum absolute atomic E-state index is 12.6. The molecule has 0 unspecified atom stereocenters. The summed E-state index contributed by atoms with van der Waals surface area (Å²) < 4.78 is 48.2. The average molecular weight is 306 g/mol. The number of carbonyl (C=O) groups excluding carboxylic acids is 2. The lowest BCUT2D eigenvalue weighted by Gasteiger charge is -2.08. The number of carbonyl (C=O) groups is 2. The smallest absolute Gasteiger partial charge is 0.356 e. The van der Waals surface area contributed by atoms with Crippen molar-refractivity contribution in [2.45, 2.75) is 19.0 Å². The van der Waals surface area contributed by atoms with E-state index in [4.69, 9.17) is 0 Å². The summed E-state index contributed by atoms with van der Waals surface area (Å²) in [5, 5.41) is 4.09. The molecule has 0 radical (unpaired) electrons. The zero-order valence-electron chi connectivity index (χ0n) is 11.0. The van der Waals surface area contributed by atoms with Crippen molar-refractivity contribution in [2.75, 3.05) is 13.1 Å². The van der Waals surface area contributed by atoms with Crippen LogP contribution in [0.4, 0.5) is 17.6 Å². The van der Waals surface area contributed by atoms with E-state index in [1.807, 2.05) is 0 Å². The van der Waals surface area contributed by atoms with Crippen LogP contribution in [0.5, 0.6) is 0 Å². The first kappa shape index (κ1) is 16.9. The molecule has 1 aromatic rings. The molecule has 0 aliphatic rings. The predicted molar refractivity (Wildman–Crippen MR) is 66.8 cm³/mol. The normalized spacial score (nSPS) is 11.0. The largest absolute Gasteiger partial charge is 0.471 e. The molecule has 0 bridgehead atoms. The lowest BCUT2D eigenvalue weighted by atomic mass is 10.1. The van der Waals surface area contributed by atoms with Gasteiger partial charge in [-0.3, -0.25) is 9.59 Å². The Balaban J connectivity index is 2.17. The van der Waals surface area contributed by atoms with E-state index in [2.05, 4.69) is 5.32 Å². The molecular weight excluding hydrogens is 292 g/mol. The van der Waals surface area contributed by atoms with Crippen molar-refractivity contribution in [2.24, 2.45) is 0 Å². The second-order valence-electron chi connectivity index (χ2n) is 4.23. The fourth-order valence-electron chi connectivity index (χ4n) is 1.48. The van der Waals surface area contributed by atoms with Gasteiger partial charge in [0.25, 0.3) is 0 Å². The molecule has 4 nitrogen and oxygen atoms in total. The summed E-state index contributed by atoms with van der Waals surface area (Å²) in [6.07, 6.45) is -4.72. The lowest BCUT2D eigenvalue weighted by Crippen LogP contribution is -2.39. The van der Waals surface area contributed by atoms with Gasteiger partial charge in [0.05, 0.1) is 0 Å². The fraction of sp³-hybridized carbons (Fsp3) is 0.385. The Hall–Kier alpha value is -2.12. The molecule has 0 spiro atoms. The lowest BCUT2D eigenvalue weighted by molar-refractivity contribution is -0.173. The van der Waals surface area contributed by atoms with Crippen molar-refractivity contribution in [1.29, 1.82) is 0 Å². The monoisotopic (exact) mass is 306 g/mol. The molecular formula is C13H14F4N2O2. The molecule has 21 heavy (non-hydrogen) atoms. The van der Waals surface area contributed by atoms with E-state index in [0.29, 0.717) is 6.42 Å². The van der Waals surface area contributed by atoms with E-state index in [9.17, 15) is 27.2 Å². The van der Waals surface area contributed by atoms with Crippen molar-refractivity contribution >= 4 is 11.8 Å². The molecule has 8 heteroatoms. The first-order valence-corrected chi connectivity index (χ1v) is 6.15. The zero-order chi connectivity index (χ0) is 15.9. The standard InChI is InChI=1S/C13H14F4N2O2/c14-10-3-1-9(2-4-10)5-7-18-11(20)6-8-19-12(21)13(15,16)17/h1-4H,5-8H2,(H,18,20)(H,19,21). The molecule has 0 saturated carbocycles. The third-order valence-corrected chi connectivity index (χ3v) is 2.54. The van der Waals surface area contributed by atoms with Gasteiger partial charge >= 0.3 is 12.1 Å². The number of hydrogen-bond donors (Lipinski definition) is 2. The molecule has 0 fully saturated rings. The first-order chi connectivity index (χ1) is 9.79. The summed E-state index contributed by atoms with van der Waals surface area (Å²) in [5.41, 5.74) is 0.821. The van der Waals surface area contributed by atoms with Gasteiger partial charge in [0.2, 0.25) is 5.91 Å². The van der Waals surface area contributed by atoms with E-state index in [1.54, 1.807) is 17.4 Å². The number of hydrogen-bond acceptors (Lipinski definition) is 2. The van der Waals surface area contributed by atoms with Crippen LogP contribution in [-0.2, 0) is 16.0 Å². The van der Waals surface area contributed by atoms with Crippen molar-refractivity contribution in [3.63, 3.8) is 0 Å². The van der Waals surface area contributed by atoms with Crippen LogP contribution in [0.2, 0.25) is 0 Å². The molecule has 1 rings (SSSR count). The van der Waals surface area contributed by atoms with E-state index >= 15 is 0 Å². The second kappa shape index (κ2) is 7.61. The van der Waals surface area contributed by atoms with Gasteiger partial charge in [-0.2, -0.15) is 13.2 Å². The Morgan fingerprint density at radius 3 is 2.19 bits per heavy atom. The maximum Gasteiger partial charge on any atom is 0.471 e. The SMILES string of the molecule is O=C(CCNC(=O)C(F)(F)F)NCCc1ccc(F)cc1. The van der Waals surface area contributed by atoms with Crippen LogP contribution in [0, 0.1) is 5.82 Å². The average Bonchev–Trinajstić information content (AvgIpc) is 2.40. The number of halogens is 4. The second-order valence-corrected chi connectivity index (χ2v) is 4.23. The van der Waals surface area contributed by atoms with Crippen LogP contribution in [-0.4, -0.2) is 31.1 Å². The molecule has 2 N–H and O–H groups in total. The third kappa shape index (κ3) is 6.73. The van der Waals surface area contributed by atoms with Crippen molar-refractivity contribution in [3.8, 4) is 0 Å². The van der Waals surface area contributed by atoms with E-state index in [0.717, 1.165) is 5.56 Å². The van der Waals surface area contributed by atoms with E-state index < -0.39 is 18.0 Å². The Morgan fingerprint density at radius 1 is 1.00 bits per heavy atom. The summed E-state index contributed by atoms with van der Waals surface area (Å²) >= 11 is 0. The highest BCUT2D eigenvalue weighted by Gasteiger charge is 2.38. The fourth-order valence-corrected chi connectivity index (χ4v) is 1.48. The van der Waals surface area contributed by atoms with Gasteiger partial charge in [0, 0.05) is 19.5 Å². The highest BCUT2D eigenvalue weighted by atomic mass is 19.4. The first-order valence-electron chi connectivity index (χ1n) is 6.15. The Kier molecular flexibility index (Phi) is 6.13. The van der Waals surface area contributed by atoms with E-state index in [1.165, 1.54) is 12.1 Å². The van der Waals surface area contributed by atoms with Crippen LogP contribution in [0.25, 0.3) is 0 Å². The number of benzene rings is 1. The summed E-state index contributed by atoms with van der Waals surface area (Å²) in [5.74, 6) is -2.90. The molecule has 0 saturated heterocycles. The number of nitrogens with one attached hydrogen (secondary N) is 2. The van der Waals surface area contributed by atoms with Gasteiger partial charge in [-0.25, -0.2) is 4.39 Å². The molecule has 116 valence electrons. The molecule has 0 heterocycles. The molecule has 1 aromatic carbocycles. The van der Waals surface area contributed by atoms with Gasteiger partial charge in [-0.15, -0.1) is 0 Å². The van der Waals surface area contributed by atoms with Crippen molar-refractivity contribution < 1.29 is 27.2 Å². The summed E-state index contributed by atoms with van der Waals surface area (Å²) in [4.78, 5) is 21.8. The topological polar surface area (TPSA) is 58.2 Å². The zero-order valence-corrected chi connectivity index (χ0v) is 11.0. The van der Waals surface area contributed by atoms with Crippen LogP contribution in [0.3, 0.4) is 0 Å². The Labute approximate surface area is 118 Å².